The minimum Gasteiger partial charge on any atom is -0.0654 e. The summed E-state index contributed by atoms with van der Waals surface area (Å²) in [5, 5.41) is 0. The molecule has 31 heavy (non-hydrogen) atoms. The van der Waals surface area contributed by atoms with Crippen molar-refractivity contribution in [3.8, 4) is 0 Å². The maximum absolute atomic E-state index is 2.45. The van der Waals surface area contributed by atoms with Gasteiger partial charge in [-0.1, -0.05) is 194 Å². The molecule has 0 nitrogen and oxygen atoms in total. The molecule has 0 aromatic heterocycles. The maximum atomic E-state index is 2.45. The van der Waals surface area contributed by atoms with E-state index in [2.05, 4.69) is 20.8 Å². The first-order chi connectivity index (χ1) is 15.3. The van der Waals surface area contributed by atoms with Gasteiger partial charge in [0.15, 0.2) is 0 Å². The topological polar surface area (TPSA) is 0 Å². The van der Waals surface area contributed by atoms with Crippen molar-refractivity contribution in [3.05, 3.63) is 0 Å². The molecule has 0 aromatic rings. The molecule has 0 aliphatic carbocycles. The van der Waals surface area contributed by atoms with Gasteiger partial charge in [-0.25, -0.2) is 0 Å². The van der Waals surface area contributed by atoms with Crippen LogP contribution in [0, 0.1) is 5.92 Å². The Morgan fingerprint density at radius 3 is 0.806 bits per heavy atom. The maximum Gasteiger partial charge on any atom is -0.0443 e. The lowest BCUT2D eigenvalue weighted by molar-refractivity contribution is 0.440. The zero-order chi connectivity index (χ0) is 22.7. The average Bonchev–Trinajstić information content (AvgIpc) is 2.78. The van der Waals surface area contributed by atoms with Crippen molar-refractivity contribution in [1.82, 2.24) is 0 Å². The van der Waals surface area contributed by atoms with Crippen LogP contribution >= 0.6 is 0 Å². The normalized spacial score (nSPS) is 12.5. The van der Waals surface area contributed by atoms with E-state index < -0.39 is 0 Å². The number of unbranched alkanes of at least 4 members (excludes halogenated alkanes) is 23. The summed E-state index contributed by atoms with van der Waals surface area (Å²) in [6, 6.07) is 0. The van der Waals surface area contributed by atoms with Crippen molar-refractivity contribution < 1.29 is 0 Å². The van der Waals surface area contributed by atoms with Crippen molar-refractivity contribution in [2.75, 3.05) is 0 Å². The Hall–Kier alpha value is 0. The number of rotatable bonds is 27. The standard InChI is InChI=1S/C31H64/c1-4-6-8-9-10-11-12-13-14-15-16-17-18-19-20-21-22-23-24-25-26-27-28-30-31(3)29-7-5-2/h31H,4-30H2,1-3H3/t31-/m1/s1. The second kappa shape index (κ2) is 28.0. The van der Waals surface area contributed by atoms with E-state index in [0.29, 0.717) is 0 Å². The predicted molar refractivity (Wildman–Crippen MR) is 145 cm³/mol. The molecule has 0 radical (unpaired) electrons. The Morgan fingerprint density at radius 1 is 0.290 bits per heavy atom. The van der Waals surface area contributed by atoms with E-state index in [1.54, 1.807) is 0 Å². The van der Waals surface area contributed by atoms with Crippen LogP contribution in [0.25, 0.3) is 0 Å². The van der Waals surface area contributed by atoms with Crippen molar-refractivity contribution in [1.29, 1.82) is 0 Å². The molecule has 1 atom stereocenters. The fraction of sp³-hybridized carbons (Fsp3) is 1.00. The minimum atomic E-state index is 0.967. The van der Waals surface area contributed by atoms with E-state index >= 15 is 0 Å². The fourth-order valence-electron chi connectivity index (χ4n) is 4.98. The monoisotopic (exact) mass is 437 g/mol. The summed E-state index contributed by atoms with van der Waals surface area (Å²) in [6.45, 7) is 7.07. The highest BCUT2D eigenvalue weighted by Crippen LogP contribution is 2.18. The van der Waals surface area contributed by atoms with Crippen molar-refractivity contribution in [2.24, 2.45) is 5.92 Å². The van der Waals surface area contributed by atoms with Crippen LogP contribution in [0.1, 0.15) is 194 Å². The highest BCUT2D eigenvalue weighted by Gasteiger charge is 2.01. The molecule has 0 saturated carbocycles. The van der Waals surface area contributed by atoms with Crippen LogP contribution in [0.2, 0.25) is 0 Å². The number of hydrogen-bond acceptors (Lipinski definition) is 0. The van der Waals surface area contributed by atoms with Crippen molar-refractivity contribution in [3.63, 3.8) is 0 Å². The molecular weight excluding hydrogens is 372 g/mol. The quantitative estimate of drug-likeness (QED) is 0.112. The third-order valence-electron chi connectivity index (χ3n) is 7.35. The van der Waals surface area contributed by atoms with E-state index in [0.717, 1.165) is 5.92 Å². The van der Waals surface area contributed by atoms with Crippen LogP contribution in [-0.2, 0) is 0 Å². The molecule has 0 heteroatoms. The lowest BCUT2D eigenvalue weighted by atomic mass is 9.97. The summed E-state index contributed by atoms with van der Waals surface area (Å²) in [6.07, 6.45) is 39.8. The van der Waals surface area contributed by atoms with Gasteiger partial charge < -0.3 is 0 Å². The molecule has 0 fully saturated rings. The lowest BCUT2D eigenvalue weighted by Gasteiger charge is -2.10. The SMILES string of the molecule is CCCCCCCCCCCCCCCCCCCCCCCCC[C@H](C)CCCC. The second-order valence-electron chi connectivity index (χ2n) is 10.8. The van der Waals surface area contributed by atoms with Crippen LogP contribution in [0.4, 0.5) is 0 Å². The zero-order valence-corrected chi connectivity index (χ0v) is 22.7. The van der Waals surface area contributed by atoms with E-state index in [9.17, 15) is 0 Å². The van der Waals surface area contributed by atoms with Gasteiger partial charge in [-0.05, 0) is 5.92 Å². The molecule has 0 N–H and O–H groups in total. The molecule has 0 heterocycles. The van der Waals surface area contributed by atoms with Crippen molar-refractivity contribution >= 4 is 0 Å². The minimum absolute atomic E-state index is 0.967. The first-order valence-corrected chi connectivity index (χ1v) is 15.3. The van der Waals surface area contributed by atoms with Crippen LogP contribution in [0.15, 0.2) is 0 Å². The van der Waals surface area contributed by atoms with E-state index in [1.807, 2.05) is 0 Å². The largest absolute Gasteiger partial charge is 0.0654 e. The summed E-state index contributed by atoms with van der Waals surface area (Å²) in [4.78, 5) is 0. The third-order valence-corrected chi connectivity index (χ3v) is 7.35. The Morgan fingerprint density at radius 2 is 0.516 bits per heavy atom. The molecule has 0 rings (SSSR count). The predicted octanol–water partition coefficient (Wildman–Crippen LogP) is 12.2. The van der Waals surface area contributed by atoms with Gasteiger partial charge in [0.1, 0.15) is 0 Å². The first-order valence-electron chi connectivity index (χ1n) is 15.3. The molecule has 188 valence electrons. The Balaban J connectivity index is 3.03. The Kier molecular flexibility index (Phi) is 28.0. The molecule has 0 aliphatic heterocycles. The smallest absolute Gasteiger partial charge is 0.0443 e. The Labute approximate surface area is 200 Å². The van der Waals surface area contributed by atoms with Gasteiger partial charge in [-0.2, -0.15) is 0 Å². The first kappa shape index (κ1) is 31.0. The third kappa shape index (κ3) is 28.0. The van der Waals surface area contributed by atoms with Crippen LogP contribution in [-0.4, -0.2) is 0 Å². The van der Waals surface area contributed by atoms with Gasteiger partial charge in [-0.15, -0.1) is 0 Å². The van der Waals surface area contributed by atoms with Crippen molar-refractivity contribution in [2.45, 2.75) is 194 Å². The van der Waals surface area contributed by atoms with Gasteiger partial charge in [0.05, 0.1) is 0 Å². The van der Waals surface area contributed by atoms with Gasteiger partial charge in [0, 0.05) is 0 Å². The second-order valence-corrected chi connectivity index (χ2v) is 10.8. The van der Waals surface area contributed by atoms with Gasteiger partial charge in [0.2, 0.25) is 0 Å². The molecule has 0 aromatic carbocycles. The van der Waals surface area contributed by atoms with Crippen LogP contribution in [0.5, 0.6) is 0 Å². The van der Waals surface area contributed by atoms with Crippen LogP contribution in [0.3, 0.4) is 0 Å². The molecular formula is C31H64. The summed E-state index contributed by atoms with van der Waals surface area (Å²) in [7, 11) is 0. The molecule has 0 unspecified atom stereocenters. The van der Waals surface area contributed by atoms with Crippen LogP contribution < -0.4 is 0 Å². The number of hydrogen-bond donors (Lipinski definition) is 0. The summed E-state index contributed by atoms with van der Waals surface area (Å²) >= 11 is 0. The molecule has 0 bridgehead atoms. The van der Waals surface area contributed by atoms with E-state index in [4.69, 9.17) is 0 Å². The van der Waals surface area contributed by atoms with Gasteiger partial charge >= 0.3 is 0 Å². The molecule has 0 saturated heterocycles. The highest BCUT2D eigenvalue weighted by atomic mass is 14.1. The average molecular weight is 437 g/mol. The summed E-state index contributed by atoms with van der Waals surface area (Å²) in [5.41, 5.74) is 0. The Bertz CT molecular complexity index is 294. The van der Waals surface area contributed by atoms with E-state index in [1.165, 1.54) is 173 Å². The molecule has 0 amide bonds. The van der Waals surface area contributed by atoms with E-state index in [-0.39, 0.29) is 0 Å². The molecule has 0 spiro atoms. The summed E-state index contributed by atoms with van der Waals surface area (Å²) < 4.78 is 0. The zero-order valence-electron chi connectivity index (χ0n) is 22.7. The fourth-order valence-corrected chi connectivity index (χ4v) is 4.98. The molecule has 0 aliphatic rings. The lowest BCUT2D eigenvalue weighted by Crippen LogP contribution is -1.94. The summed E-state index contributed by atoms with van der Waals surface area (Å²) in [5.74, 6) is 0.967. The van der Waals surface area contributed by atoms with Gasteiger partial charge in [-0.3, -0.25) is 0 Å². The highest BCUT2D eigenvalue weighted by molar-refractivity contribution is 4.55. The van der Waals surface area contributed by atoms with Gasteiger partial charge in [0.25, 0.3) is 0 Å².